The normalized spacial score (nSPS) is 11.5. The molecule has 0 atom stereocenters. The lowest BCUT2D eigenvalue weighted by Crippen LogP contribution is -2.17. The molecule has 0 radical (unpaired) electrons. The molecule has 0 saturated heterocycles. The molecule has 1 aromatic heterocycles. The molecule has 3 rings (SSSR count). The van der Waals surface area contributed by atoms with Crippen LogP contribution in [0.15, 0.2) is 59.6 Å². The van der Waals surface area contributed by atoms with Crippen molar-refractivity contribution in [3.63, 3.8) is 0 Å². The fraction of sp³-hybridized carbons (Fsp3) is 0.111. The summed E-state index contributed by atoms with van der Waals surface area (Å²) in [6.07, 6.45) is 5.74. The molecule has 1 amide bonds. The number of carbonyl (C=O) groups excluding carboxylic acids is 1. The molecule has 2 aromatic carbocycles. The van der Waals surface area contributed by atoms with Crippen LogP contribution >= 0.6 is 11.3 Å². The lowest BCUT2D eigenvalue weighted by Gasteiger charge is -1.99. The van der Waals surface area contributed by atoms with E-state index in [1.54, 1.807) is 0 Å². The Bertz CT molecular complexity index is 913. The minimum absolute atomic E-state index is 0.163. The molecular weight excluding hydrogens is 292 g/mol. The highest BCUT2D eigenvalue weighted by atomic mass is 32.1. The zero-order valence-corrected chi connectivity index (χ0v) is 12.7. The number of hydrogen-bond donors (Lipinski definition) is 0. The number of amides is 1. The van der Waals surface area contributed by atoms with Gasteiger partial charge in [-0.05, 0) is 17.7 Å². The van der Waals surface area contributed by atoms with E-state index in [4.69, 9.17) is 6.42 Å². The molecule has 0 spiro atoms. The fourth-order valence-electron chi connectivity index (χ4n) is 2.27. The molecule has 3 nitrogen and oxygen atoms in total. The van der Waals surface area contributed by atoms with Gasteiger partial charge in [0.25, 0.3) is 5.91 Å². The van der Waals surface area contributed by atoms with E-state index in [0.29, 0.717) is 17.8 Å². The van der Waals surface area contributed by atoms with Gasteiger partial charge in [0.1, 0.15) is 0 Å². The van der Waals surface area contributed by atoms with E-state index in [9.17, 15) is 4.79 Å². The van der Waals surface area contributed by atoms with Crippen LogP contribution in [0.3, 0.4) is 0 Å². The molecule has 4 heteroatoms. The number of nitrogens with zero attached hydrogens (tertiary/aromatic N) is 2. The van der Waals surface area contributed by atoms with Crippen LogP contribution in [-0.2, 0) is 17.8 Å². The first-order valence-corrected chi connectivity index (χ1v) is 7.73. The molecule has 1 heterocycles. The van der Waals surface area contributed by atoms with Crippen molar-refractivity contribution >= 4 is 27.5 Å². The minimum Gasteiger partial charge on any atom is -0.305 e. The summed E-state index contributed by atoms with van der Waals surface area (Å²) in [5.74, 6) is 2.46. The first kappa shape index (κ1) is 14.3. The highest BCUT2D eigenvalue weighted by Gasteiger charge is 2.07. The Morgan fingerprint density at radius 1 is 1.14 bits per heavy atom. The lowest BCUT2D eigenvalue weighted by molar-refractivity contribution is -0.117. The van der Waals surface area contributed by atoms with Gasteiger partial charge in [0.15, 0.2) is 4.80 Å². The van der Waals surface area contributed by atoms with Crippen molar-refractivity contribution in [2.45, 2.75) is 13.0 Å². The molecule has 0 aliphatic heterocycles. The molecule has 22 heavy (non-hydrogen) atoms. The topological polar surface area (TPSA) is 34.4 Å². The highest BCUT2D eigenvalue weighted by Crippen LogP contribution is 2.16. The maximum atomic E-state index is 12.2. The van der Waals surface area contributed by atoms with Gasteiger partial charge in [0.05, 0.1) is 23.2 Å². The van der Waals surface area contributed by atoms with E-state index >= 15 is 0 Å². The number of thiazole rings is 1. The second-order valence-electron chi connectivity index (χ2n) is 4.81. The van der Waals surface area contributed by atoms with E-state index < -0.39 is 0 Å². The van der Waals surface area contributed by atoms with Crippen molar-refractivity contribution in [1.82, 2.24) is 4.57 Å². The monoisotopic (exact) mass is 306 g/mol. The smallest absolute Gasteiger partial charge is 0.252 e. The molecule has 3 aromatic rings. The van der Waals surface area contributed by atoms with Gasteiger partial charge in [-0.25, -0.2) is 0 Å². The lowest BCUT2D eigenvalue weighted by atomic mass is 10.1. The minimum atomic E-state index is -0.163. The highest BCUT2D eigenvalue weighted by molar-refractivity contribution is 7.16. The van der Waals surface area contributed by atoms with Crippen LogP contribution in [-0.4, -0.2) is 10.5 Å². The van der Waals surface area contributed by atoms with E-state index in [1.165, 1.54) is 11.3 Å². The second kappa shape index (κ2) is 6.42. The van der Waals surface area contributed by atoms with Gasteiger partial charge in [0, 0.05) is 0 Å². The van der Waals surface area contributed by atoms with Crippen molar-refractivity contribution in [2.75, 3.05) is 0 Å². The Morgan fingerprint density at radius 3 is 2.64 bits per heavy atom. The summed E-state index contributed by atoms with van der Waals surface area (Å²) >= 11 is 1.48. The summed E-state index contributed by atoms with van der Waals surface area (Å²) in [5.41, 5.74) is 1.97. The Balaban J connectivity index is 2.00. The molecule has 0 unspecified atom stereocenters. The van der Waals surface area contributed by atoms with Crippen LogP contribution in [0.25, 0.3) is 10.2 Å². The van der Waals surface area contributed by atoms with Crippen LogP contribution < -0.4 is 4.80 Å². The SMILES string of the molecule is C#CCn1c(=NC(=O)Cc2ccccc2)sc2ccccc21. The fourth-order valence-corrected chi connectivity index (χ4v) is 3.31. The van der Waals surface area contributed by atoms with Crippen LogP contribution in [0.2, 0.25) is 0 Å². The Morgan fingerprint density at radius 2 is 1.86 bits per heavy atom. The number of aromatic nitrogens is 1. The van der Waals surface area contributed by atoms with Gasteiger partial charge in [-0.15, -0.1) is 6.42 Å². The van der Waals surface area contributed by atoms with Crippen LogP contribution in [0.4, 0.5) is 0 Å². The Hall–Kier alpha value is -2.64. The third kappa shape index (κ3) is 3.00. The third-order valence-corrected chi connectivity index (χ3v) is 4.32. The number of benzene rings is 2. The first-order chi connectivity index (χ1) is 10.8. The number of terminal acetylenes is 1. The third-order valence-electron chi connectivity index (χ3n) is 3.26. The Kier molecular flexibility index (Phi) is 4.17. The van der Waals surface area contributed by atoms with Gasteiger partial charge in [-0.1, -0.05) is 59.7 Å². The van der Waals surface area contributed by atoms with Crippen LogP contribution in [0, 0.1) is 12.3 Å². The molecule has 0 bridgehead atoms. The van der Waals surface area contributed by atoms with Crippen molar-refractivity contribution in [1.29, 1.82) is 0 Å². The maximum Gasteiger partial charge on any atom is 0.252 e. The van der Waals surface area contributed by atoms with E-state index in [-0.39, 0.29) is 5.91 Å². The molecule has 0 saturated carbocycles. The van der Waals surface area contributed by atoms with Crippen LogP contribution in [0.1, 0.15) is 5.56 Å². The quantitative estimate of drug-likeness (QED) is 0.685. The summed E-state index contributed by atoms with van der Waals surface area (Å²) in [7, 11) is 0. The molecule has 108 valence electrons. The summed E-state index contributed by atoms with van der Waals surface area (Å²) < 4.78 is 2.98. The summed E-state index contributed by atoms with van der Waals surface area (Å²) in [6.45, 7) is 0.404. The van der Waals surface area contributed by atoms with Gasteiger partial charge in [0.2, 0.25) is 0 Å². The molecule has 0 aliphatic carbocycles. The van der Waals surface area contributed by atoms with Crippen molar-refractivity contribution in [3.05, 3.63) is 65.0 Å². The number of carbonyl (C=O) groups is 1. The number of para-hydroxylation sites is 1. The zero-order valence-electron chi connectivity index (χ0n) is 11.9. The van der Waals surface area contributed by atoms with Gasteiger partial charge in [-0.3, -0.25) is 4.79 Å². The van der Waals surface area contributed by atoms with Gasteiger partial charge < -0.3 is 4.57 Å². The van der Waals surface area contributed by atoms with Crippen molar-refractivity contribution in [2.24, 2.45) is 4.99 Å². The maximum absolute atomic E-state index is 12.2. The average molecular weight is 306 g/mol. The first-order valence-electron chi connectivity index (χ1n) is 6.91. The molecule has 0 aliphatic rings. The average Bonchev–Trinajstić information content (AvgIpc) is 2.86. The van der Waals surface area contributed by atoms with E-state index in [2.05, 4.69) is 10.9 Å². The summed E-state index contributed by atoms with van der Waals surface area (Å²) in [4.78, 5) is 17.1. The largest absolute Gasteiger partial charge is 0.305 e. The number of fused-ring (bicyclic) bond motifs is 1. The summed E-state index contributed by atoms with van der Waals surface area (Å²) in [6, 6.07) is 17.5. The molecule has 0 N–H and O–H groups in total. The molecule has 0 fully saturated rings. The zero-order chi connectivity index (χ0) is 15.4. The number of hydrogen-bond acceptors (Lipinski definition) is 2. The number of rotatable bonds is 3. The molecular formula is C18H14N2OS. The van der Waals surface area contributed by atoms with Crippen LogP contribution in [0.5, 0.6) is 0 Å². The van der Waals surface area contributed by atoms with E-state index in [0.717, 1.165) is 15.8 Å². The second-order valence-corrected chi connectivity index (χ2v) is 5.82. The van der Waals surface area contributed by atoms with Gasteiger partial charge in [-0.2, -0.15) is 4.99 Å². The standard InChI is InChI=1S/C18H14N2OS/c1-2-12-20-15-10-6-7-11-16(15)22-18(20)19-17(21)13-14-8-4-3-5-9-14/h1,3-11H,12-13H2. The van der Waals surface area contributed by atoms with E-state index in [1.807, 2.05) is 59.2 Å². The summed E-state index contributed by atoms with van der Waals surface area (Å²) in [5, 5.41) is 0. The van der Waals surface area contributed by atoms with Crippen molar-refractivity contribution in [3.8, 4) is 12.3 Å². The predicted molar refractivity (Wildman–Crippen MR) is 89.4 cm³/mol. The van der Waals surface area contributed by atoms with Crippen molar-refractivity contribution < 1.29 is 4.79 Å². The van der Waals surface area contributed by atoms with Gasteiger partial charge >= 0.3 is 0 Å². The Labute approximate surface area is 132 Å². The predicted octanol–water partition coefficient (Wildman–Crippen LogP) is 3.01.